The number of nitrogens with one attached hydrogen (secondary N) is 1. The van der Waals surface area contributed by atoms with Gasteiger partial charge in [-0.25, -0.2) is 4.98 Å². The molecule has 1 N–H and O–H groups in total. The first-order valence-corrected chi connectivity index (χ1v) is 9.26. The monoisotopic (exact) mass is 380 g/mol. The number of aromatic amines is 1. The molecule has 0 bridgehead atoms. The van der Waals surface area contributed by atoms with Crippen molar-refractivity contribution in [3.8, 4) is 11.3 Å². The van der Waals surface area contributed by atoms with E-state index in [9.17, 15) is 4.79 Å². The first-order valence-electron chi connectivity index (χ1n) is 8.88. The fourth-order valence-electron chi connectivity index (χ4n) is 3.99. The van der Waals surface area contributed by atoms with E-state index in [-0.39, 0.29) is 17.9 Å². The van der Waals surface area contributed by atoms with Crippen molar-refractivity contribution in [1.29, 1.82) is 0 Å². The van der Waals surface area contributed by atoms with Crippen LogP contribution in [0.3, 0.4) is 0 Å². The SMILES string of the molecule is Cc1cc(C[C@H]2C(=O)N(c3cc(-c4ccnnc4)[nH]n3)[C@H]3C[C@@H]23)cnc1Cl. The lowest BCUT2D eigenvalue weighted by Crippen LogP contribution is -2.32. The number of amides is 1. The summed E-state index contributed by atoms with van der Waals surface area (Å²) in [4.78, 5) is 19.1. The van der Waals surface area contributed by atoms with Gasteiger partial charge in [-0.3, -0.25) is 14.8 Å². The predicted octanol–water partition coefficient (Wildman–Crippen LogP) is 2.82. The number of aryl methyl sites for hydroxylation is 1. The Morgan fingerprint density at radius 1 is 1.30 bits per heavy atom. The number of piperidine rings is 1. The average Bonchev–Trinajstić information content (AvgIpc) is 3.19. The molecule has 3 aromatic heterocycles. The number of hydrogen-bond acceptors (Lipinski definition) is 5. The number of anilines is 1. The molecule has 7 nitrogen and oxygen atoms in total. The molecule has 1 saturated heterocycles. The van der Waals surface area contributed by atoms with Crippen LogP contribution in [-0.2, 0) is 11.2 Å². The Labute approximate surface area is 160 Å². The van der Waals surface area contributed by atoms with Gasteiger partial charge in [0.25, 0.3) is 0 Å². The number of carbonyl (C=O) groups is 1. The van der Waals surface area contributed by atoms with Gasteiger partial charge < -0.3 is 0 Å². The highest BCUT2D eigenvalue weighted by Gasteiger charge is 2.59. The van der Waals surface area contributed by atoms with Crippen LogP contribution in [0.1, 0.15) is 17.5 Å². The van der Waals surface area contributed by atoms with E-state index in [4.69, 9.17) is 11.6 Å². The molecule has 1 aliphatic carbocycles. The van der Waals surface area contributed by atoms with Gasteiger partial charge in [0.2, 0.25) is 5.91 Å². The van der Waals surface area contributed by atoms with Crippen molar-refractivity contribution in [2.24, 2.45) is 11.8 Å². The maximum atomic E-state index is 13.1. The van der Waals surface area contributed by atoms with Gasteiger partial charge in [-0.15, -0.1) is 0 Å². The third kappa shape index (κ3) is 2.78. The molecule has 1 saturated carbocycles. The Balaban J connectivity index is 1.38. The second-order valence-corrected chi connectivity index (χ2v) is 7.57. The molecule has 5 rings (SSSR count). The van der Waals surface area contributed by atoms with E-state index in [1.807, 2.05) is 30.0 Å². The zero-order valence-corrected chi connectivity index (χ0v) is 15.4. The molecular weight excluding hydrogens is 364 g/mol. The molecule has 3 atom stereocenters. The van der Waals surface area contributed by atoms with Gasteiger partial charge in [-0.05, 0) is 42.9 Å². The zero-order valence-electron chi connectivity index (χ0n) is 14.6. The third-order valence-electron chi connectivity index (χ3n) is 5.44. The standard InChI is InChI=1S/C19H17ClN6O/c1-10-4-11(8-21-18(10)20)5-14-13-6-16(13)26(19(14)27)17-7-15(24-25-17)12-2-3-22-23-9-12/h2-4,7-9,13-14,16H,5-6H2,1H3,(H,24,25)/t13-,14+,16-/m0/s1. The Kier molecular flexibility index (Phi) is 3.72. The Hall–Kier alpha value is -2.80. The summed E-state index contributed by atoms with van der Waals surface area (Å²) in [5, 5.41) is 15.6. The molecule has 2 fully saturated rings. The molecule has 3 aromatic rings. The molecule has 0 radical (unpaired) electrons. The second kappa shape index (κ2) is 6.13. The fourth-order valence-corrected chi connectivity index (χ4v) is 4.09. The molecular formula is C19H17ClN6O. The quantitative estimate of drug-likeness (QED) is 0.703. The minimum atomic E-state index is -0.0277. The van der Waals surface area contributed by atoms with Crippen LogP contribution in [0.2, 0.25) is 5.15 Å². The van der Waals surface area contributed by atoms with Gasteiger partial charge in [-0.1, -0.05) is 17.7 Å². The van der Waals surface area contributed by atoms with Crippen molar-refractivity contribution >= 4 is 23.3 Å². The van der Waals surface area contributed by atoms with Crippen LogP contribution in [0, 0.1) is 18.8 Å². The summed E-state index contributed by atoms with van der Waals surface area (Å²) < 4.78 is 0. The highest BCUT2D eigenvalue weighted by molar-refractivity contribution is 6.30. The molecule has 0 aromatic carbocycles. The number of H-pyrrole nitrogens is 1. The van der Waals surface area contributed by atoms with E-state index >= 15 is 0 Å². The van der Waals surface area contributed by atoms with Crippen molar-refractivity contribution < 1.29 is 4.79 Å². The van der Waals surface area contributed by atoms with E-state index in [0.717, 1.165) is 28.8 Å². The van der Waals surface area contributed by atoms with Crippen LogP contribution in [0.4, 0.5) is 5.82 Å². The zero-order chi connectivity index (χ0) is 18.5. The van der Waals surface area contributed by atoms with E-state index in [0.29, 0.717) is 23.3 Å². The minimum Gasteiger partial charge on any atom is -0.292 e. The van der Waals surface area contributed by atoms with Gasteiger partial charge in [0.1, 0.15) is 5.15 Å². The lowest BCUT2D eigenvalue weighted by atomic mass is 9.96. The summed E-state index contributed by atoms with van der Waals surface area (Å²) in [5.41, 5.74) is 3.70. The van der Waals surface area contributed by atoms with Crippen molar-refractivity contribution in [3.05, 3.63) is 53.1 Å². The molecule has 1 amide bonds. The van der Waals surface area contributed by atoms with Crippen molar-refractivity contribution in [3.63, 3.8) is 0 Å². The van der Waals surface area contributed by atoms with E-state index in [1.165, 1.54) is 0 Å². The molecule has 8 heteroatoms. The number of pyridine rings is 1. The van der Waals surface area contributed by atoms with E-state index in [1.54, 1.807) is 18.6 Å². The van der Waals surface area contributed by atoms with Gasteiger partial charge in [0, 0.05) is 29.8 Å². The van der Waals surface area contributed by atoms with Crippen molar-refractivity contribution in [2.45, 2.75) is 25.8 Å². The summed E-state index contributed by atoms with van der Waals surface area (Å²) in [7, 11) is 0. The summed E-state index contributed by atoms with van der Waals surface area (Å²) in [5.74, 6) is 1.17. The van der Waals surface area contributed by atoms with Crippen molar-refractivity contribution in [1.82, 2.24) is 25.4 Å². The van der Waals surface area contributed by atoms with Gasteiger partial charge in [-0.2, -0.15) is 15.3 Å². The van der Waals surface area contributed by atoms with E-state index < -0.39 is 0 Å². The van der Waals surface area contributed by atoms with Crippen LogP contribution in [0.5, 0.6) is 0 Å². The first-order chi connectivity index (χ1) is 13.1. The van der Waals surface area contributed by atoms with Crippen LogP contribution >= 0.6 is 11.6 Å². The largest absolute Gasteiger partial charge is 0.292 e. The Morgan fingerprint density at radius 2 is 2.19 bits per heavy atom. The molecule has 2 aliphatic rings. The summed E-state index contributed by atoms with van der Waals surface area (Å²) in [6.45, 7) is 1.93. The molecule has 4 heterocycles. The fraction of sp³-hybridized carbons (Fsp3) is 0.316. The van der Waals surface area contributed by atoms with Crippen LogP contribution in [0.15, 0.2) is 36.8 Å². The van der Waals surface area contributed by atoms with Gasteiger partial charge in [0.05, 0.1) is 18.1 Å². The number of aromatic nitrogens is 5. The predicted molar refractivity (Wildman–Crippen MR) is 100 cm³/mol. The maximum Gasteiger partial charge on any atom is 0.232 e. The maximum absolute atomic E-state index is 13.1. The molecule has 136 valence electrons. The number of carbonyl (C=O) groups excluding carboxylic acids is 1. The smallest absolute Gasteiger partial charge is 0.232 e. The van der Waals surface area contributed by atoms with Crippen LogP contribution < -0.4 is 4.90 Å². The molecule has 27 heavy (non-hydrogen) atoms. The van der Waals surface area contributed by atoms with Crippen LogP contribution in [0.25, 0.3) is 11.3 Å². The van der Waals surface area contributed by atoms with Gasteiger partial charge >= 0.3 is 0 Å². The highest BCUT2D eigenvalue weighted by atomic mass is 35.5. The normalized spacial score (nSPS) is 23.6. The van der Waals surface area contributed by atoms with Crippen LogP contribution in [-0.4, -0.2) is 37.3 Å². The number of fused-ring (bicyclic) bond motifs is 1. The molecule has 0 unspecified atom stereocenters. The topological polar surface area (TPSA) is 87.7 Å². The number of nitrogens with zero attached hydrogens (tertiary/aromatic N) is 5. The minimum absolute atomic E-state index is 0.0277. The van der Waals surface area contributed by atoms with E-state index in [2.05, 4.69) is 25.4 Å². The Bertz CT molecular complexity index is 1020. The Morgan fingerprint density at radius 3 is 2.96 bits per heavy atom. The molecule has 1 aliphatic heterocycles. The lowest BCUT2D eigenvalue weighted by molar-refractivity contribution is -0.121. The number of hydrogen-bond donors (Lipinski definition) is 1. The number of rotatable bonds is 4. The number of halogens is 1. The molecule has 0 spiro atoms. The lowest BCUT2D eigenvalue weighted by Gasteiger charge is -2.18. The van der Waals surface area contributed by atoms with Gasteiger partial charge in [0.15, 0.2) is 5.82 Å². The average molecular weight is 381 g/mol. The summed E-state index contributed by atoms with van der Waals surface area (Å²) in [6, 6.07) is 6.02. The summed E-state index contributed by atoms with van der Waals surface area (Å²) in [6.07, 6.45) is 6.78. The third-order valence-corrected chi connectivity index (χ3v) is 5.84. The summed E-state index contributed by atoms with van der Waals surface area (Å²) >= 11 is 6.01. The second-order valence-electron chi connectivity index (χ2n) is 7.21. The van der Waals surface area contributed by atoms with Crippen molar-refractivity contribution in [2.75, 3.05) is 4.90 Å². The highest BCUT2D eigenvalue weighted by Crippen LogP contribution is 2.51. The first kappa shape index (κ1) is 16.4.